The molecule has 3 aromatic carbocycles. The maximum absolute atomic E-state index is 12.7. The van der Waals surface area contributed by atoms with E-state index in [-0.39, 0.29) is 18.2 Å². The van der Waals surface area contributed by atoms with Gasteiger partial charge in [-0.1, -0.05) is 48.5 Å². The summed E-state index contributed by atoms with van der Waals surface area (Å²) in [6.07, 6.45) is 0.134. The highest BCUT2D eigenvalue weighted by Crippen LogP contribution is 2.25. The number of nitrogens with one attached hydrogen (secondary N) is 2. The maximum atomic E-state index is 12.7. The van der Waals surface area contributed by atoms with Gasteiger partial charge in [0, 0.05) is 18.0 Å². The van der Waals surface area contributed by atoms with Crippen molar-refractivity contribution in [1.82, 2.24) is 5.32 Å². The number of hydrogen-bond acceptors (Lipinski definition) is 3. The van der Waals surface area contributed by atoms with Gasteiger partial charge in [-0.05, 0) is 29.1 Å². The highest BCUT2D eigenvalue weighted by molar-refractivity contribution is 6.02. The molecule has 2 N–H and O–H groups in total. The minimum absolute atomic E-state index is 0.134. The summed E-state index contributed by atoms with van der Waals surface area (Å²) in [6.45, 7) is 1.44. The fraction of sp³-hybridized carbons (Fsp3) is 0.182. The SMILES string of the molecule is COc1ccc([C@H](CC(=O)Nc2cccc3ccccc23)NC(C)=O)cc1. The van der Waals surface area contributed by atoms with Gasteiger partial charge in [0.15, 0.2) is 0 Å². The number of fused-ring (bicyclic) bond motifs is 1. The molecule has 5 heteroatoms. The first kappa shape index (κ1) is 18.5. The van der Waals surface area contributed by atoms with Crippen molar-refractivity contribution in [3.05, 3.63) is 72.3 Å². The summed E-state index contributed by atoms with van der Waals surface area (Å²) in [7, 11) is 1.60. The second kappa shape index (κ2) is 8.36. The topological polar surface area (TPSA) is 67.4 Å². The third-order valence-electron chi connectivity index (χ3n) is 4.35. The van der Waals surface area contributed by atoms with E-state index in [9.17, 15) is 9.59 Å². The largest absolute Gasteiger partial charge is 0.497 e. The third-order valence-corrected chi connectivity index (χ3v) is 4.35. The van der Waals surface area contributed by atoms with Crippen LogP contribution >= 0.6 is 0 Å². The summed E-state index contributed by atoms with van der Waals surface area (Å²) in [5, 5.41) is 7.85. The highest BCUT2D eigenvalue weighted by Gasteiger charge is 2.18. The quantitative estimate of drug-likeness (QED) is 0.695. The molecule has 0 saturated carbocycles. The number of methoxy groups -OCH3 is 1. The molecular formula is C22H22N2O3. The minimum Gasteiger partial charge on any atom is -0.497 e. The van der Waals surface area contributed by atoms with E-state index in [1.807, 2.05) is 66.7 Å². The van der Waals surface area contributed by atoms with Crippen molar-refractivity contribution in [2.75, 3.05) is 12.4 Å². The van der Waals surface area contributed by atoms with Gasteiger partial charge < -0.3 is 15.4 Å². The minimum atomic E-state index is -0.414. The molecule has 2 amide bonds. The van der Waals surface area contributed by atoms with Gasteiger partial charge in [0.25, 0.3) is 0 Å². The number of ether oxygens (including phenoxy) is 1. The molecule has 3 aromatic rings. The average Bonchev–Trinajstić information content (AvgIpc) is 2.67. The van der Waals surface area contributed by atoms with Gasteiger partial charge in [0.05, 0.1) is 19.6 Å². The van der Waals surface area contributed by atoms with E-state index < -0.39 is 6.04 Å². The van der Waals surface area contributed by atoms with Crippen molar-refractivity contribution in [3.63, 3.8) is 0 Å². The van der Waals surface area contributed by atoms with Gasteiger partial charge in [-0.2, -0.15) is 0 Å². The molecule has 0 bridgehead atoms. The molecule has 0 aromatic heterocycles. The fourth-order valence-electron chi connectivity index (χ4n) is 3.05. The first-order valence-corrected chi connectivity index (χ1v) is 8.75. The van der Waals surface area contributed by atoms with Crippen LogP contribution in [0.15, 0.2) is 66.7 Å². The van der Waals surface area contributed by atoms with E-state index in [4.69, 9.17) is 4.74 Å². The zero-order valence-electron chi connectivity index (χ0n) is 15.4. The summed E-state index contributed by atoms with van der Waals surface area (Å²) >= 11 is 0. The van der Waals surface area contributed by atoms with Gasteiger partial charge >= 0.3 is 0 Å². The number of benzene rings is 3. The van der Waals surface area contributed by atoms with Crippen LogP contribution in [0.2, 0.25) is 0 Å². The first-order valence-electron chi connectivity index (χ1n) is 8.75. The molecular weight excluding hydrogens is 340 g/mol. The standard InChI is InChI=1S/C22H22N2O3/c1-15(25)23-21(17-10-12-18(27-2)13-11-17)14-22(26)24-20-9-5-7-16-6-3-4-8-19(16)20/h3-13,21H,14H2,1-2H3,(H,23,25)(H,24,26)/t21-/m0/s1. The lowest BCUT2D eigenvalue weighted by Gasteiger charge is -2.19. The van der Waals surface area contributed by atoms with Crippen LogP contribution in [0.3, 0.4) is 0 Å². The summed E-state index contributed by atoms with van der Waals surface area (Å²) < 4.78 is 5.16. The Morgan fingerprint density at radius 2 is 1.67 bits per heavy atom. The molecule has 0 saturated heterocycles. The van der Waals surface area contributed by atoms with Crippen LogP contribution in [0.1, 0.15) is 24.9 Å². The van der Waals surface area contributed by atoms with E-state index >= 15 is 0 Å². The Morgan fingerprint density at radius 3 is 2.37 bits per heavy atom. The summed E-state index contributed by atoms with van der Waals surface area (Å²) in [4.78, 5) is 24.3. The molecule has 0 heterocycles. The number of carbonyl (C=O) groups excluding carboxylic acids is 2. The van der Waals surface area contributed by atoms with E-state index in [0.29, 0.717) is 0 Å². The zero-order valence-corrected chi connectivity index (χ0v) is 15.4. The lowest BCUT2D eigenvalue weighted by Crippen LogP contribution is -2.29. The smallest absolute Gasteiger partial charge is 0.226 e. The van der Waals surface area contributed by atoms with Gasteiger partial charge in [0.1, 0.15) is 5.75 Å². The van der Waals surface area contributed by atoms with Crippen molar-refractivity contribution in [1.29, 1.82) is 0 Å². The van der Waals surface area contributed by atoms with E-state index in [1.165, 1.54) is 6.92 Å². The third kappa shape index (κ3) is 4.64. The van der Waals surface area contributed by atoms with Crippen LogP contribution in [0.4, 0.5) is 5.69 Å². The van der Waals surface area contributed by atoms with E-state index in [0.717, 1.165) is 27.8 Å². The van der Waals surface area contributed by atoms with Crippen LogP contribution in [0, 0.1) is 0 Å². The fourth-order valence-corrected chi connectivity index (χ4v) is 3.05. The predicted octanol–water partition coefficient (Wildman–Crippen LogP) is 4.05. The zero-order chi connectivity index (χ0) is 19.2. The van der Waals surface area contributed by atoms with Gasteiger partial charge in [-0.25, -0.2) is 0 Å². The first-order chi connectivity index (χ1) is 13.1. The molecule has 0 spiro atoms. The van der Waals surface area contributed by atoms with E-state index in [2.05, 4.69) is 10.6 Å². The molecule has 0 aliphatic carbocycles. The molecule has 1 atom stereocenters. The molecule has 0 aliphatic heterocycles. The molecule has 0 aliphatic rings. The number of carbonyl (C=O) groups is 2. The van der Waals surface area contributed by atoms with Crippen molar-refractivity contribution >= 4 is 28.3 Å². The van der Waals surface area contributed by atoms with Gasteiger partial charge in [0.2, 0.25) is 11.8 Å². The Balaban J connectivity index is 1.78. The molecule has 0 fully saturated rings. The van der Waals surface area contributed by atoms with Crippen molar-refractivity contribution < 1.29 is 14.3 Å². The van der Waals surface area contributed by atoms with Crippen molar-refractivity contribution in [2.24, 2.45) is 0 Å². The van der Waals surface area contributed by atoms with Crippen LogP contribution in [-0.2, 0) is 9.59 Å². The lowest BCUT2D eigenvalue weighted by atomic mass is 10.0. The predicted molar refractivity (Wildman–Crippen MR) is 107 cm³/mol. The van der Waals surface area contributed by atoms with Crippen LogP contribution < -0.4 is 15.4 Å². The summed E-state index contributed by atoms with van der Waals surface area (Å²) in [6, 6.07) is 20.6. The van der Waals surface area contributed by atoms with Crippen LogP contribution in [0.5, 0.6) is 5.75 Å². The number of anilines is 1. The van der Waals surface area contributed by atoms with Crippen molar-refractivity contribution in [2.45, 2.75) is 19.4 Å². The Hall–Kier alpha value is -3.34. The summed E-state index contributed by atoms with van der Waals surface area (Å²) in [5.74, 6) is 0.371. The molecule has 138 valence electrons. The van der Waals surface area contributed by atoms with Gasteiger partial charge in [-0.3, -0.25) is 9.59 Å². The Labute approximate surface area is 158 Å². The average molecular weight is 362 g/mol. The Morgan fingerprint density at radius 1 is 0.963 bits per heavy atom. The van der Waals surface area contributed by atoms with Crippen LogP contribution in [-0.4, -0.2) is 18.9 Å². The molecule has 27 heavy (non-hydrogen) atoms. The normalized spacial score (nSPS) is 11.6. The van der Waals surface area contributed by atoms with Crippen LogP contribution in [0.25, 0.3) is 10.8 Å². The number of hydrogen-bond donors (Lipinski definition) is 2. The summed E-state index contributed by atoms with van der Waals surface area (Å²) in [5.41, 5.74) is 1.61. The van der Waals surface area contributed by atoms with Gasteiger partial charge in [-0.15, -0.1) is 0 Å². The molecule has 0 unspecified atom stereocenters. The molecule has 5 nitrogen and oxygen atoms in total. The number of rotatable bonds is 6. The molecule has 0 radical (unpaired) electrons. The second-order valence-electron chi connectivity index (χ2n) is 6.31. The highest BCUT2D eigenvalue weighted by atomic mass is 16.5. The van der Waals surface area contributed by atoms with Crippen molar-refractivity contribution in [3.8, 4) is 5.75 Å². The second-order valence-corrected chi connectivity index (χ2v) is 6.31. The van der Waals surface area contributed by atoms with E-state index in [1.54, 1.807) is 7.11 Å². The Kier molecular flexibility index (Phi) is 5.71. The maximum Gasteiger partial charge on any atom is 0.226 e. The molecule has 3 rings (SSSR count). The number of amides is 2. The lowest BCUT2D eigenvalue weighted by molar-refractivity contribution is -0.120. The Bertz CT molecular complexity index is 946. The monoisotopic (exact) mass is 362 g/mol.